The Morgan fingerprint density at radius 3 is 2.60 bits per heavy atom. The zero-order chi connectivity index (χ0) is 20.9. The van der Waals surface area contributed by atoms with E-state index in [4.69, 9.17) is 9.47 Å². The van der Waals surface area contributed by atoms with E-state index < -0.39 is 0 Å². The highest BCUT2D eigenvalue weighted by atomic mass is 32.1. The van der Waals surface area contributed by atoms with Crippen molar-refractivity contribution in [3.63, 3.8) is 0 Å². The van der Waals surface area contributed by atoms with E-state index in [0.717, 1.165) is 17.7 Å². The third-order valence-electron chi connectivity index (χ3n) is 5.54. The first-order chi connectivity index (χ1) is 14.6. The highest BCUT2D eigenvalue weighted by Gasteiger charge is 2.22. The Labute approximate surface area is 181 Å². The Bertz CT molecular complexity index is 898. The van der Waals surface area contributed by atoms with Gasteiger partial charge in [0.2, 0.25) is 5.91 Å². The minimum atomic E-state index is -0.225. The molecule has 4 rings (SSSR count). The Morgan fingerprint density at radius 2 is 1.80 bits per heavy atom. The predicted molar refractivity (Wildman–Crippen MR) is 118 cm³/mol. The molecular weight excluding hydrogens is 400 g/mol. The van der Waals surface area contributed by atoms with Gasteiger partial charge in [-0.25, -0.2) is 0 Å². The maximum atomic E-state index is 13.1. The van der Waals surface area contributed by atoms with Gasteiger partial charge in [0.05, 0.1) is 4.88 Å². The van der Waals surface area contributed by atoms with E-state index in [-0.39, 0.29) is 18.4 Å². The lowest BCUT2D eigenvalue weighted by atomic mass is 10.00. The van der Waals surface area contributed by atoms with Crippen molar-refractivity contribution < 1.29 is 19.1 Å². The van der Waals surface area contributed by atoms with Gasteiger partial charge in [-0.15, -0.1) is 11.3 Å². The van der Waals surface area contributed by atoms with Crippen molar-refractivity contribution in [2.45, 2.75) is 45.4 Å². The molecule has 2 amide bonds. The molecule has 0 fully saturated rings. The molecule has 0 unspecified atom stereocenters. The smallest absolute Gasteiger partial charge is 0.264 e. The highest BCUT2D eigenvalue weighted by molar-refractivity contribution is 7.14. The van der Waals surface area contributed by atoms with Crippen molar-refractivity contribution in [2.75, 3.05) is 31.6 Å². The lowest BCUT2D eigenvalue weighted by Gasteiger charge is -2.21. The fourth-order valence-electron chi connectivity index (χ4n) is 3.93. The van der Waals surface area contributed by atoms with Crippen LogP contribution in [0.1, 0.15) is 52.7 Å². The summed E-state index contributed by atoms with van der Waals surface area (Å²) in [5.41, 5.74) is 1.95. The molecule has 1 aromatic heterocycles. The minimum absolute atomic E-state index is 0.0202. The van der Waals surface area contributed by atoms with E-state index in [1.165, 1.54) is 36.1 Å². The molecule has 160 valence electrons. The summed E-state index contributed by atoms with van der Waals surface area (Å²) >= 11 is 1.60. The molecule has 1 N–H and O–H groups in total. The average molecular weight is 429 g/mol. The van der Waals surface area contributed by atoms with Crippen molar-refractivity contribution >= 4 is 28.8 Å². The van der Waals surface area contributed by atoms with Crippen LogP contribution in [0.15, 0.2) is 24.3 Å². The summed E-state index contributed by atoms with van der Waals surface area (Å²) in [6.07, 6.45) is 7.02. The van der Waals surface area contributed by atoms with Crippen molar-refractivity contribution in [1.82, 2.24) is 4.90 Å². The number of nitrogens with zero attached hydrogens (tertiary/aromatic N) is 1. The van der Waals surface area contributed by atoms with Crippen LogP contribution >= 0.6 is 11.3 Å². The van der Waals surface area contributed by atoms with Crippen LogP contribution in [0, 0.1) is 0 Å². The number of aryl methyl sites for hydroxylation is 2. The van der Waals surface area contributed by atoms with Crippen molar-refractivity contribution in [1.29, 1.82) is 0 Å². The molecule has 1 aromatic carbocycles. The second-order valence-electron chi connectivity index (χ2n) is 7.70. The van der Waals surface area contributed by atoms with Gasteiger partial charge in [-0.3, -0.25) is 9.59 Å². The summed E-state index contributed by atoms with van der Waals surface area (Å²) in [5.74, 6) is 1.01. The van der Waals surface area contributed by atoms with Crippen LogP contribution in [0.3, 0.4) is 0 Å². The topological polar surface area (TPSA) is 67.9 Å². The summed E-state index contributed by atoms with van der Waals surface area (Å²) < 4.78 is 11.1. The number of hydrogen-bond acceptors (Lipinski definition) is 5. The number of nitrogens with one attached hydrogen (secondary N) is 1. The molecule has 0 saturated carbocycles. The molecule has 0 spiro atoms. The molecule has 2 aromatic rings. The van der Waals surface area contributed by atoms with Crippen molar-refractivity contribution in [3.05, 3.63) is 39.6 Å². The minimum Gasteiger partial charge on any atom is -0.486 e. The fraction of sp³-hybridized carbons (Fsp3) is 0.478. The normalized spacial score (nSPS) is 15.5. The maximum absolute atomic E-state index is 13.1. The molecule has 6 nitrogen and oxygen atoms in total. The first-order valence-electron chi connectivity index (χ1n) is 10.7. The number of fused-ring (bicyclic) bond motifs is 2. The molecule has 7 heteroatoms. The second-order valence-corrected chi connectivity index (χ2v) is 8.84. The molecule has 2 heterocycles. The number of carbonyl (C=O) groups is 2. The van der Waals surface area contributed by atoms with Gasteiger partial charge in [0.1, 0.15) is 19.8 Å². The number of rotatable bonds is 5. The summed E-state index contributed by atoms with van der Waals surface area (Å²) in [6.45, 7) is 3.42. The lowest BCUT2D eigenvalue weighted by molar-refractivity contribution is -0.116. The SMILES string of the molecule is CCN(CC(=O)Nc1ccc2c(c1)OCCO2)C(=O)c1cc2c(s1)CCCCCC2. The monoisotopic (exact) mass is 428 g/mol. The average Bonchev–Trinajstić information content (AvgIpc) is 3.13. The standard InChI is InChI=1S/C23H28N2O4S/c1-2-25(23(27)21-13-16-7-5-3-4-6-8-20(16)30-21)15-22(26)24-17-9-10-18-19(14-17)29-12-11-28-18/h9-10,13-14H,2-8,11-12,15H2,1H3,(H,24,26). The lowest BCUT2D eigenvalue weighted by Crippen LogP contribution is -2.37. The largest absolute Gasteiger partial charge is 0.486 e. The molecule has 0 atom stereocenters. The third kappa shape index (κ3) is 4.78. The zero-order valence-electron chi connectivity index (χ0n) is 17.4. The van der Waals surface area contributed by atoms with Crippen LogP contribution < -0.4 is 14.8 Å². The van der Waals surface area contributed by atoms with E-state index in [0.29, 0.717) is 36.9 Å². The summed E-state index contributed by atoms with van der Waals surface area (Å²) in [6, 6.07) is 7.37. The number of benzene rings is 1. The second kappa shape index (κ2) is 9.51. The van der Waals surface area contributed by atoms with Gasteiger partial charge in [-0.05, 0) is 56.4 Å². The summed E-state index contributed by atoms with van der Waals surface area (Å²) in [5, 5.41) is 2.86. The summed E-state index contributed by atoms with van der Waals surface area (Å²) in [4.78, 5) is 29.4. The van der Waals surface area contributed by atoms with Gasteiger partial charge in [-0.1, -0.05) is 12.8 Å². The van der Waals surface area contributed by atoms with E-state index in [9.17, 15) is 9.59 Å². The molecule has 0 bridgehead atoms. The van der Waals surface area contributed by atoms with Gasteiger partial charge >= 0.3 is 0 Å². The van der Waals surface area contributed by atoms with Gasteiger partial charge in [0.25, 0.3) is 5.91 Å². The van der Waals surface area contributed by atoms with Gasteiger partial charge in [-0.2, -0.15) is 0 Å². The van der Waals surface area contributed by atoms with Crippen LogP contribution in [-0.4, -0.2) is 43.0 Å². The Morgan fingerprint density at radius 1 is 1.03 bits per heavy atom. The van der Waals surface area contributed by atoms with Crippen LogP contribution in [0.4, 0.5) is 5.69 Å². The van der Waals surface area contributed by atoms with Gasteiger partial charge in [0, 0.05) is 23.2 Å². The van der Waals surface area contributed by atoms with Crippen molar-refractivity contribution in [3.8, 4) is 11.5 Å². The Hall–Kier alpha value is -2.54. The van der Waals surface area contributed by atoms with Crippen molar-refractivity contribution in [2.24, 2.45) is 0 Å². The molecule has 0 saturated heterocycles. The van der Waals surface area contributed by atoms with Crippen LogP contribution in [0.25, 0.3) is 0 Å². The van der Waals surface area contributed by atoms with Crippen LogP contribution in [0.5, 0.6) is 11.5 Å². The van der Waals surface area contributed by atoms with Gasteiger partial charge < -0.3 is 19.7 Å². The van der Waals surface area contributed by atoms with E-state index in [2.05, 4.69) is 11.4 Å². The van der Waals surface area contributed by atoms with Crippen LogP contribution in [0.2, 0.25) is 0 Å². The number of hydrogen-bond donors (Lipinski definition) is 1. The zero-order valence-corrected chi connectivity index (χ0v) is 18.2. The quantitative estimate of drug-likeness (QED) is 0.772. The first kappa shape index (κ1) is 20.7. The Balaban J connectivity index is 1.40. The maximum Gasteiger partial charge on any atom is 0.264 e. The fourth-order valence-corrected chi connectivity index (χ4v) is 5.15. The van der Waals surface area contributed by atoms with E-state index in [1.807, 2.05) is 6.92 Å². The summed E-state index contributed by atoms with van der Waals surface area (Å²) in [7, 11) is 0. The highest BCUT2D eigenvalue weighted by Crippen LogP contribution is 2.33. The van der Waals surface area contributed by atoms with E-state index in [1.54, 1.807) is 34.4 Å². The number of likely N-dealkylation sites (N-methyl/N-ethyl adjacent to an activating group) is 1. The predicted octanol–water partition coefficient (Wildman–Crippen LogP) is 4.28. The molecule has 2 aliphatic rings. The number of amides is 2. The van der Waals surface area contributed by atoms with E-state index >= 15 is 0 Å². The Kier molecular flexibility index (Phi) is 6.57. The number of thiophene rings is 1. The molecule has 1 aliphatic heterocycles. The molecule has 30 heavy (non-hydrogen) atoms. The number of carbonyl (C=O) groups excluding carboxylic acids is 2. The van der Waals surface area contributed by atoms with Gasteiger partial charge in [0.15, 0.2) is 11.5 Å². The van der Waals surface area contributed by atoms with Crippen LogP contribution in [-0.2, 0) is 17.6 Å². The molecule has 1 aliphatic carbocycles. The number of ether oxygens (including phenoxy) is 2. The molecule has 0 radical (unpaired) electrons. The first-order valence-corrected chi connectivity index (χ1v) is 11.6. The molecular formula is C23H28N2O4S. The third-order valence-corrected chi connectivity index (χ3v) is 6.76. The number of anilines is 1.